The van der Waals surface area contributed by atoms with Gasteiger partial charge < -0.3 is 10.2 Å². The van der Waals surface area contributed by atoms with Gasteiger partial charge in [0.15, 0.2) is 5.69 Å². The van der Waals surface area contributed by atoms with Crippen LogP contribution in [0.2, 0.25) is 0 Å². The van der Waals surface area contributed by atoms with Crippen molar-refractivity contribution >= 4 is 32.7 Å². The number of hydrogen-bond donors (Lipinski definition) is 2. The van der Waals surface area contributed by atoms with Gasteiger partial charge in [-0.15, -0.1) is 0 Å². The van der Waals surface area contributed by atoms with E-state index < -0.39 is 0 Å². The first-order valence-corrected chi connectivity index (χ1v) is 9.15. The maximum atomic E-state index is 12.5. The molecule has 2 N–H and O–H groups in total. The van der Waals surface area contributed by atoms with Crippen LogP contribution in [0.15, 0.2) is 22.7 Å². The van der Waals surface area contributed by atoms with Crippen LogP contribution in [0.4, 0.5) is 0 Å². The molecule has 1 aromatic heterocycles. The van der Waals surface area contributed by atoms with E-state index in [1.807, 2.05) is 18.2 Å². The molecule has 1 saturated carbocycles. The van der Waals surface area contributed by atoms with Gasteiger partial charge in [0.25, 0.3) is 5.91 Å². The lowest BCUT2D eigenvalue weighted by Crippen LogP contribution is -2.45. The third-order valence-electron chi connectivity index (χ3n) is 4.88. The number of nitrogens with one attached hydrogen (secondary N) is 2. The number of aromatic amines is 1. The Kier molecular flexibility index (Phi) is 4.11. The molecular weight excluding hydrogens is 356 g/mol. The molecule has 0 spiro atoms. The fraction of sp³-hybridized carbons (Fsp3) is 0.529. The second-order valence-corrected chi connectivity index (χ2v) is 7.67. The zero-order valence-corrected chi connectivity index (χ0v) is 14.6. The number of carbonyl (C=O) groups excluding carboxylic acids is 1. The van der Waals surface area contributed by atoms with E-state index in [2.05, 4.69) is 36.3 Å². The van der Waals surface area contributed by atoms with E-state index in [-0.39, 0.29) is 11.9 Å². The number of aromatic nitrogens is 2. The minimum absolute atomic E-state index is 0.0741. The van der Waals surface area contributed by atoms with Crippen LogP contribution in [0.5, 0.6) is 0 Å². The molecule has 1 aliphatic carbocycles. The summed E-state index contributed by atoms with van der Waals surface area (Å²) in [7, 11) is 0. The molecular formula is C17H21BrN4O. The molecule has 0 unspecified atom stereocenters. The third kappa shape index (κ3) is 3.43. The summed E-state index contributed by atoms with van der Waals surface area (Å²) < 4.78 is 0.953. The van der Waals surface area contributed by atoms with Crippen LogP contribution < -0.4 is 5.32 Å². The normalized spacial score (nSPS) is 20.0. The van der Waals surface area contributed by atoms with Crippen molar-refractivity contribution in [2.24, 2.45) is 5.92 Å². The smallest absolute Gasteiger partial charge is 0.272 e. The zero-order valence-electron chi connectivity index (χ0n) is 13.0. The van der Waals surface area contributed by atoms with E-state index in [0.29, 0.717) is 5.69 Å². The first-order chi connectivity index (χ1) is 11.2. The lowest BCUT2D eigenvalue weighted by Gasteiger charge is -2.32. The molecule has 0 atom stereocenters. The number of H-pyrrole nitrogens is 1. The van der Waals surface area contributed by atoms with Gasteiger partial charge in [-0.05, 0) is 49.8 Å². The quantitative estimate of drug-likeness (QED) is 0.862. The highest BCUT2D eigenvalue weighted by Gasteiger charge is 2.28. The SMILES string of the molecule is O=C(NC1CCN(CC2CC2)CC1)c1n[nH]c2ccc(Br)cc12. The van der Waals surface area contributed by atoms with Crippen molar-refractivity contribution in [3.63, 3.8) is 0 Å². The van der Waals surface area contributed by atoms with E-state index in [0.717, 1.165) is 47.2 Å². The molecule has 1 saturated heterocycles. The topological polar surface area (TPSA) is 61.0 Å². The van der Waals surface area contributed by atoms with Crippen LogP contribution in [0.25, 0.3) is 10.9 Å². The summed E-state index contributed by atoms with van der Waals surface area (Å²) in [5, 5.41) is 11.1. The van der Waals surface area contributed by atoms with Gasteiger partial charge in [0.1, 0.15) is 0 Å². The summed E-state index contributed by atoms with van der Waals surface area (Å²) in [5.74, 6) is 0.866. The molecule has 1 aliphatic heterocycles. The molecule has 23 heavy (non-hydrogen) atoms. The molecule has 5 nitrogen and oxygen atoms in total. The highest BCUT2D eigenvalue weighted by molar-refractivity contribution is 9.10. The Morgan fingerprint density at radius 1 is 1.30 bits per heavy atom. The van der Waals surface area contributed by atoms with E-state index >= 15 is 0 Å². The lowest BCUT2D eigenvalue weighted by atomic mass is 10.0. The number of amides is 1. The Morgan fingerprint density at radius 2 is 2.09 bits per heavy atom. The number of fused-ring (bicyclic) bond motifs is 1. The fourth-order valence-electron chi connectivity index (χ4n) is 3.34. The Labute approximate surface area is 143 Å². The lowest BCUT2D eigenvalue weighted by molar-refractivity contribution is 0.0906. The van der Waals surface area contributed by atoms with Crippen LogP contribution in [0, 0.1) is 5.92 Å². The first kappa shape index (κ1) is 15.1. The summed E-state index contributed by atoms with van der Waals surface area (Å²) in [6, 6.07) is 6.07. The Balaban J connectivity index is 1.38. The summed E-state index contributed by atoms with van der Waals surface area (Å²) in [5.41, 5.74) is 1.37. The number of nitrogens with zero attached hydrogens (tertiary/aromatic N) is 2. The molecule has 6 heteroatoms. The van der Waals surface area contributed by atoms with Crippen molar-refractivity contribution in [1.29, 1.82) is 0 Å². The molecule has 2 fully saturated rings. The summed E-state index contributed by atoms with van der Waals surface area (Å²) in [6.45, 7) is 3.43. The molecule has 0 bridgehead atoms. The van der Waals surface area contributed by atoms with Gasteiger partial charge in [-0.25, -0.2) is 0 Å². The number of carbonyl (C=O) groups is 1. The van der Waals surface area contributed by atoms with E-state index in [9.17, 15) is 4.79 Å². The fourth-order valence-corrected chi connectivity index (χ4v) is 3.70. The largest absolute Gasteiger partial charge is 0.348 e. The van der Waals surface area contributed by atoms with Crippen molar-refractivity contribution in [1.82, 2.24) is 20.4 Å². The third-order valence-corrected chi connectivity index (χ3v) is 5.37. The molecule has 2 aromatic rings. The van der Waals surface area contributed by atoms with Crippen LogP contribution in [0.3, 0.4) is 0 Å². The summed E-state index contributed by atoms with van der Waals surface area (Å²) >= 11 is 3.45. The number of rotatable bonds is 4. The van der Waals surface area contributed by atoms with Crippen LogP contribution in [0.1, 0.15) is 36.2 Å². The zero-order chi connectivity index (χ0) is 15.8. The molecule has 122 valence electrons. The Bertz CT molecular complexity index is 716. The van der Waals surface area contributed by atoms with Gasteiger partial charge in [-0.1, -0.05) is 15.9 Å². The standard InChI is InChI=1S/C17H21BrN4O/c18-12-3-4-15-14(9-12)16(21-20-15)17(23)19-13-5-7-22(8-6-13)10-11-1-2-11/h3-4,9,11,13H,1-2,5-8,10H2,(H,19,23)(H,20,21). The van der Waals surface area contributed by atoms with Crippen LogP contribution >= 0.6 is 15.9 Å². The van der Waals surface area contributed by atoms with Crippen molar-refractivity contribution in [2.45, 2.75) is 31.7 Å². The van der Waals surface area contributed by atoms with E-state index in [1.54, 1.807) is 0 Å². The number of piperidine rings is 1. The molecule has 1 amide bonds. The average Bonchev–Trinajstić information content (AvgIpc) is 3.26. The second kappa shape index (κ2) is 6.24. The maximum Gasteiger partial charge on any atom is 0.272 e. The van der Waals surface area contributed by atoms with Crippen molar-refractivity contribution < 1.29 is 4.79 Å². The highest BCUT2D eigenvalue weighted by Crippen LogP contribution is 2.30. The van der Waals surface area contributed by atoms with E-state index in [1.165, 1.54) is 19.4 Å². The van der Waals surface area contributed by atoms with Crippen molar-refractivity contribution in [3.05, 3.63) is 28.4 Å². The Morgan fingerprint density at radius 3 is 2.83 bits per heavy atom. The highest BCUT2D eigenvalue weighted by atomic mass is 79.9. The van der Waals surface area contributed by atoms with Gasteiger partial charge in [0.05, 0.1) is 5.52 Å². The van der Waals surface area contributed by atoms with Crippen molar-refractivity contribution in [2.75, 3.05) is 19.6 Å². The molecule has 4 rings (SSSR count). The number of benzene rings is 1. The molecule has 2 heterocycles. The Hall–Kier alpha value is -1.40. The van der Waals surface area contributed by atoms with E-state index in [4.69, 9.17) is 0 Å². The van der Waals surface area contributed by atoms with Gasteiger partial charge in [0.2, 0.25) is 0 Å². The summed E-state index contributed by atoms with van der Waals surface area (Å²) in [6.07, 6.45) is 4.87. The molecule has 2 aliphatic rings. The minimum atomic E-state index is -0.0741. The second-order valence-electron chi connectivity index (χ2n) is 6.75. The van der Waals surface area contributed by atoms with Gasteiger partial charge in [-0.3, -0.25) is 9.89 Å². The first-order valence-electron chi connectivity index (χ1n) is 8.36. The summed E-state index contributed by atoms with van der Waals surface area (Å²) in [4.78, 5) is 15.1. The molecule has 0 radical (unpaired) electrons. The number of likely N-dealkylation sites (tertiary alicyclic amines) is 1. The van der Waals surface area contributed by atoms with Crippen LogP contribution in [-0.2, 0) is 0 Å². The van der Waals surface area contributed by atoms with Gasteiger partial charge >= 0.3 is 0 Å². The average molecular weight is 377 g/mol. The van der Waals surface area contributed by atoms with Crippen molar-refractivity contribution in [3.8, 4) is 0 Å². The minimum Gasteiger partial charge on any atom is -0.348 e. The number of hydrogen-bond acceptors (Lipinski definition) is 3. The molecule has 1 aromatic carbocycles. The van der Waals surface area contributed by atoms with Crippen LogP contribution in [-0.4, -0.2) is 46.7 Å². The number of halogens is 1. The maximum absolute atomic E-state index is 12.5. The predicted octanol–water partition coefficient (Wildman–Crippen LogP) is 2.93. The monoisotopic (exact) mass is 376 g/mol. The van der Waals surface area contributed by atoms with Gasteiger partial charge in [-0.2, -0.15) is 5.10 Å². The van der Waals surface area contributed by atoms with Gasteiger partial charge in [0, 0.05) is 35.5 Å². The predicted molar refractivity (Wildman–Crippen MR) is 93.4 cm³/mol.